The quantitative estimate of drug-likeness (QED) is 0.800. The van der Waals surface area contributed by atoms with Crippen LogP contribution in [-0.4, -0.2) is 12.2 Å². The summed E-state index contributed by atoms with van der Waals surface area (Å²) in [6.07, 6.45) is 0.971. The van der Waals surface area contributed by atoms with Gasteiger partial charge in [-0.05, 0) is 18.1 Å². The van der Waals surface area contributed by atoms with Crippen LogP contribution in [0.5, 0.6) is 11.5 Å². The third kappa shape index (κ3) is 2.42. The van der Waals surface area contributed by atoms with Gasteiger partial charge in [-0.1, -0.05) is 26.3 Å². The average Bonchev–Trinajstić information content (AvgIpc) is 2.26. The zero-order valence-corrected chi connectivity index (χ0v) is 9.53. The first-order valence-corrected chi connectivity index (χ1v) is 5.23. The van der Waals surface area contributed by atoms with Gasteiger partial charge in [-0.2, -0.15) is 0 Å². The topological polar surface area (TPSA) is 55.5 Å². The Labute approximate surface area is 90.9 Å². The number of benzene rings is 1. The molecular weight excluding hydrogens is 190 g/mol. The number of rotatable bonds is 4. The highest BCUT2D eigenvalue weighted by Crippen LogP contribution is 2.36. The standard InChI is InChI=1S/C12H19NO2/c1-4-8(2)12(13)11-9(14)6-5-7-10(11)15-3/h5-8,12,14H,4,13H2,1-3H3/t8?,12-/m0/s1. The van der Waals surface area contributed by atoms with E-state index >= 15 is 0 Å². The Kier molecular flexibility index (Phi) is 3.97. The number of methoxy groups -OCH3 is 1. The Morgan fingerprint density at radius 3 is 2.67 bits per heavy atom. The molecule has 3 N–H and O–H groups in total. The second-order valence-corrected chi connectivity index (χ2v) is 3.80. The van der Waals surface area contributed by atoms with Gasteiger partial charge in [0.2, 0.25) is 0 Å². The third-order valence-corrected chi connectivity index (χ3v) is 2.85. The number of nitrogens with two attached hydrogens (primary N) is 1. The van der Waals surface area contributed by atoms with Crippen molar-refractivity contribution in [3.63, 3.8) is 0 Å². The molecule has 0 bridgehead atoms. The van der Waals surface area contributed by atoms with Crippen LogP contribution in [0, 0.1) is 5.92 Å². The van der Waals surface area contributed by atoms with E-state index in [0.717, 1.165) is 6.42 Å². The van der Waals surface area contributed by atoms with Gasteiger partial charge in [0.1, 0.15) is 11.5 Å². The van der Waals surface area contributed by atoms with E-state index in [2.05, 4.69) is 13.8 Å². The van der Waals surface area contributed by atoms with Crippen molar-refractivity contribution in [3.8, 4) is 11.5 Å². The predicted molar refractivity (Wildman–Crippen MR) is 61.0 cm³/mol. The molecule has 0 aliphatic carbocycles. The lowest BCUT2D eigenvalue weighted by Gasteiger charge is -2.21. The van der Waals surface area contributed by atoms with E-state index in [4.69, 9.17) is 10.5 Å². The Bertz CT molecular complexity index is 325. The molecule has 3 nitrogen and oxygen atoms in total. The Morgan fingerprint density at radius 1 is 1.47 bits per heavy atom. The fraction of sp³-hybridized carbons (Fsp3) is 0.500. The van der Waals surface area contributed by atoms with Gasteiger partial charge in [-0.25, -0.2) is 0 Å². The summed E-state index contributed by atoms with van der Waals surface area (Å²) in [5.41, 5.74) is 6.79. The smallest absolute Gasteiger partial charge is 0.127 e. The van der Waals surface area contributed by atoms with Gasteiger partial charge in [0, 0.05) is 6.04 Å². The number of ether oxygens (including phenoxy) is 1. The van der Waals surface area contributed by atoms with Crippen molar-refractivity contribution in [1.82, 2.24) is 0 Å². The molecule has 1 aromatic carbocycles. The van der Waals surface area contributed by atoms with Gasteiger partial charge < -0.3 is 15.6 Å². The summed E-state index contributed by atoms with van der Waals surface area (Å²) in [7, 11) is 1.58. The molecule has 0 heterocycles. The molecule has 0 spiro atoms. The van der Waals surface area contributed by atoms with Crippen molar-refractivity contribution < 1.29 is 9.84 Å². The van der Waals surface area contributed by atoms with E-state index in [1.54, 1.807) is 19.2 Å². The van der Waals surface area contributed by atoms with E-state index in [9.17, 15) is 5.11 Å². The molecule has 84 valence electrons. The fourth-order valence-corrected chi connectivity index (χ4v) is 1.58. The monoisotopic (exact) mass is 209 g/mol. The maximum atomic E-state index is 9.78. The van der Waals surface area contributed by atoms with Gasteiger partial charge in [0.15, 0.2) is 0 Å². The van der Waals surface area contributed by atoms with Crippen LogP contribution < -0.4 is 10.5 Å². The van der Waals surface area contributed by atoms with Crippen LogP contribution in [0.2, 0.25) is 0 Å². The number of hydrogen-bond acceptors (Lipinski definition) is 3. The highest BCUT2D eigenvalue weighted by atomic mass is 16.5. The summed E-state index contributed by atoms with van der Waals surface area (Å²) < 4.78 is 5.20. The molecular formula is C12H19NO2. The van der Waals surface area contributed by atoms with Crippen LogP contribution in [0.3, 0.4) is 0 Å². The van der Waals surface area contributed by atoms with E-state index < -0.39 is 0 Å². The second-order valence-electron chi connectivity index (χ2n) is 3.80. The molecule has 0 aliphatic rings. The molecule has 0 amide bonds. The van der Waals surface area contributed by atoms with Crippen LogP contribution in [0.4, 0.5) is 0 Å². The Morgan fingerprint density at radius 2 is 2.13 bits per heavy atom. The Hall–Kier alpha value is -1.22. The fourth-order valence-electron chi connectivity index (χ4n) is 1.58. The van der Waals surface area contributed by atoms with Gasteiger partial charge in [0.05, 0.1) is 12.7 Å². The van der Waals surface area contributed by atoms with Crippen LogP contribution in [-0.2, 0) is 0 Å². The molecule has 0 fully saturated rings. The maximum Gasteiger partial charge on any atom is 0.127 e. The molecule has 2 atom stereocenters. The molecule has 0 aliphatic heterocycles. The number of phenols is 1. The van der Waals surface area contributed by atoms with Crippen molar-refractivity contribution in [2.45, 2.75) is 26.3 Å². The molecule has 0 saturated carbocycles. The van der Waals surface area contributed by atoms with Crippen molar-refractivity contribution in [1.29, 1.82) is 0 Å². The lowest BCUT2D eigenvalue weighted by Crippen LogP contribution is -2.19. The first kappa shape index (κ1) is 11.9. The lowest BCUT2D eigenvalue weighted by molar-refractivity contribution is 0.372. The van der Waals surface area contributed by atoms with Gasteiger partial charge in [-0.3, -0.25) is 0 Å². The summed E-state index contributed by atoms with van der Waals surface area (Å²) >= 11 is 0. The number of aromatic hydroxyl groups is 1. The minimum atomic E-state index is -0.189. The first-order chi connectivity index (χ1) is 7.11. The van der Waals surface area contributed by atoms with Crippen LogP contribution in [0.15, 0.2) is 18.2 Å². The number of hydrogen-bond donors (Lipinski definition) is 2. The molecule has 0 saturated heterocycles. The van der Waals surface area contributed by atoms with Crippen molar-refractivity contribution in [2.24, 2.45) is 11.7 Å². The lowest BCUT2D eigenvalue weighted by atomic mass is 9.92. The summed E-state index contributed by atoms with van der Waals surface area (Å²) in [4.78, 5) is 0. The Balaban J connectivity index is 3.10. The van der Waals surface area contributed by atoms with E-state index in [-0.39, 0.29) is 11.8 Å². The molecule has 0 radical (unpaired) electrons. The average molecular weight is 209 g/mol. The first-order valence-electron chi connectivity index (χ1n) is 5.23. The molecule has 15 heavy (non-hydrogen) atoms. The molecule has 0 aromatic heterocycles. The summed E-state index contributed by atoms with van der Waals surface area (Å²) in [5.74, 6) is 1.18. The maximum absolute atomic E-state index is 9.78. The predicted octanol–water partition coefficient (Wildman–Crippen LogP) is 2.45. The van der Waals surface area contributed by atoms with Gasteiger partial charge in [-0.15, -0.1) is 0 Å². The molecule has 3 heteroatoms. The zero-order valence-electron chi connectivity index (χ0n) is 9.53. The molecule has 1 aromatic rings. The second kappa shape index (κ2) is 5.03. The van der Waals surface area contributed by atoms with Crippen molar-refractivity contribution >= 4 is 0 Å². The highest BCUT2D eigenvalue weighted by molar-refractivity contribution is 5.46. The van der Waals surface area contributed by atoms with Gasteiger partial charge >= 0.3 is 0 Å². The third-order valence-electron chi connectivity index (χ3n) is 2.85. The van der Waals surface area contributed by atoms with E-state index in [1.165, 1.54) is 0 Å². The SMILES string of the molecule is CCC(C)[C@H](N)c1c(O)cccc1OC. The molecule has 1 unspecified atom stereocenters. The van der Waals surface area contributed by atoms with Crippen LogP contribution in [0.25, 0.3) is 0 Å². The summed E-state index contributed by atoms with van der Waals surface area (Å²) in [6, 6.07) is 5.02. The van der Waals surface area contributed by atoms with Crippen LogP contribution >= 0.6 is 0 Å². The van der Waals surface area contributed by atoms with Crippen molar-refractivity contribution in [2.75, 3.05) is 7.11 Å². The summed E-state index contributed by atoms with van der Waals surface area (Å²) in [5, 5.41) is 9.78. The zero-order chi connectivity index (χ0) is 11.4. The largest absolute Gasteiger partial charge is 0.507 e. The number of phenolic OH excluding ortho intramolecular Hbond substituents is 1. The van der Waals surface area contributed by atoms with Crippen LogP contribution in [0.1, 0.15) is 31.9 Å². The normalized spacial score (nSPS) is 14.7. The minimum Gasteiger partial charge on any atom is -0.507 e. The van der Waals surface area contributed by atoms with Gasteiger partial charge in [0.25, 0.3) is 0 Å². The minimum absolute atomic E-state index is 0.189. The van der Waals surface area contributed by atoms with E-state index in [1.807, 2.05) is 6.07 Å². The van der Waals surface area contributed by atoms with E-state index in [0.29, 0.717) is 17.2 Å². The summed E-state index contributed by atoms with van der Waals surface area (Å²) in [6.45, 7) is 4.15. The van der Waals surface area contributed by atoms with Crippen molar-refractivity contribution in [3.05, 3.63) is 23.8 Å². The molecule has 1 rings (SSSR count). The highest BCUT2D eigenvalue weighted by Gasteiger charge is 2.20.